The van der Waals surface area contributed by atoms with Crippen LogP contribution in [0, 0.1) is 29.1 Å². The van der Waals surface area contributed by atoms with Crippen molar-refractivity contribution < 1.29 is 28.6 Å². The molecule has 0 saturated carbocycles. The Kier molecular flexibility index (Phi) is 10.6. The van der Waals surface area contributed by atoms with Gasteiger partial charge in [-0.25, -0.2) is 9.78 Å². The van der Waals surface area contributed by atoms with Crippen LogP contribution in [0.1, 0.15) is 63.3 Å². The summed E-state index contributed by atoms with van der Waals surface area (Å²) in [7, 11) is 0. The van der Waals surface area contributed by atoms with E-state index in [0.717, 1.165) is 5.57 Å². The number of allylic oxidation sites excluding steroid dienone is 2. The molecule has 1 aromatic rings. The number of fused-ring (bicyclic) bond motifs is 3. The van der Waals surface area contributed by atoms with Gasteiger partial charge in [0.2, 0.25) is 5.91 Å². The van der Waals surface area contributed by atoms with Crippen LogP contribution in [0.25, 0.3) is 0 Å². The molecule has 2 N–H and O–H groups in total. The molecule has 2 aliphatic heterocycles. The van der Waals surface area contributed by atoms with Gasteiger partial charge in [0.05, 0.1) is 18.1 Å². The molecule has 1 aromatic heterocycles. The van der Waals surface area contributed by atoms with Crippen molar-refractivity contribution in [2.24, 2.45) is 17.8 Å². The summed E-state index contributed by atoms with van der Waals surface area (Å²) < 4.78 is 11.4. The number of oxazole rings is 1. The summed E-state index contributed by atoms with van der Waals surface area (Å²) in [6, 6.07) is 1.41. The Morgan fingerprint density at radius 2 is 2.03 bits per heavy atom. The number of hydrogen-bond acceptors (Lipinski definition) is 8. The second-order valence-corrected chi connectivity index (χ2v) is 10.5. The topological polar surface area (TPSA) is 146 Å². The molecule has 39 heavy (non-hydrogen) atoms. The van der Waals surface area contributed by atoms with Crippen LogP contribution >= 0.6 is 0 Å². The van der Waals surface area contributed by atoms with Crippen molar-refractivity contribution in [2.75, 3.05) is 13.1 Å². The predicted octanol–water partition coefficient (Wildman–Crippen LogP) is 3.10. The largest absolute Gasteiger partial charge is 0.460 e. The number of carbonyl (C=O) groups excluding carboxylic acids is 3. The van der Waals surface area contributed by atoms with Crippen molar-refractivity contribution in [1.29, 1.82) is 5.26 Å². The maximum absolute atomic E-state index is 13.3. The zero-order valence-electron chi connectivity index (χ0n) is 23.0. The number of rotatable bonds is 1. The number of aliphatic hydroxyl groups is 1. The van der Waals surface area contributed by atoms with Crippen molar-refractivity contribution in [3.05, 3.63) is 53.8 Å². The van der Waals surface area contributed by atoms with Gasteiger partial charge in [0.15, 0.2) is 11.6 Å². The number of nitrogens with one attached hydrogen (secondary N) is 1. The maximum Gasteiger partial charge on any atom is 0.329 e. The SMILES string of the molecule is CC1=C/[C@@H](O)C[C@H](C#N)Cc2nc(co2)C(=O)N2CCCC2C(=O)O[C@H](C(C)C)[C@H](C)/C=C\C(=O)NC/C=C\1. The maximum atomic E-state index is 13.3. The van der Waals surface area contributed by atoms with Gasteiger partial charge in [-0.3, -0.25) is 9.59 Å². The zero-order valence-corrected chi connectivity index (χ0v) is 23.0. The normalized spacial score (nSPS) is 30.9. The van der Waals surface area contributed by atoms with E-state index in [9.17, 15) is 24.8 Å². The first-order valence-electron chi connectivity index (χ1n) is 13.4. The molecular weight excluding hydrogens is 500 g/mol. The lowest BCUT2D eigenvalue weighted by Gasteiger charge is -2.29. The number of ether oxygens (including phenoxy) is 1. The summed E-state index contributed by atoms with van der Waals surface area (Å²) in [5.74, 6) is -1.84. The summed E-state index contributed by atoms with van der Waals surface area (Å²) in [5, 5.41) is 22.8. The summed E-state index contributed by atoms with van der Waals surface area (Å²) in [6.45, 7) is 8.25. The predicted molar refractivity (Wildman–Crippen MR) is 143 cm³/mol. The highest BCUT2D eigenvalue weighted by atomic mass is 16.5. The fraction of sp³-hybridized carbons (Fsp3) is 0.552. The molecule has 0 aliphatic carbocycles. The molecule has 0 aromatic carbocycles. The number of cyclic esters (lactones) is 1. The van der Waals surface area contributed by atoms with Crippen LogP contribution in [-0.4, -0.2) is 64.1 Å². The molecule has 1 unspecified atom stereocenters. The smallest absolute Gasteiger partial charge is 0.329 e. The minimum absolute atomic E-state index is 0.0177. The molecule has 10 nitrogen and oxygen atoms in total. The molecule has 2 amide bonds. The van der Waals surface area contributed by atoms with Crippen LogP contribution in [0.4, 0.5) is 0 Å². The fourth-order valence-electron chi connectivity index (χ4n) is 4.89. The van der Waals surface area contributed by atoms with E-state index in [1.165, 1.54) is 17.2 Å². The van der Waals surface area contributed by atoms with Gasteiger partial charge in [-0.05, 0) is 38.2 Å². The van der Waals surface area contributed by atoms with Gasteiger partial charge in [0.1, 0.15) is 18.4 Å². The lowest BCUT2D eigenvalue weighted by molar-refractivity contribution is -0.158. The molecule has 0 spiro atoms. The summed E-state index contributed by atoms with van der Waals surface area (Å²) >= 11 is 0. The van der Waals surface area contributed by atoms with Gasteiger partial charge in [-0.2, -0.15) is 5.26 Å². The van der Waals surface area contributed by atoms with Gasteiger partial charge in [0.25, 0.3) is 5.91 Å². The van der Waals surface area contributed by atoms with Crippen LogP contribution < -0.4 is 5.32 Å². The molecule has 1 fully saturated rings. The van der Waals surface area contributed by atoms with Crippen molar-refractivity contribution in [3.8, 4) is 6.07 Å². The van der Waals surface area contributed by atoms with E-state index < -0.39 is 36.0 Å². The Morgan fingerprint density at radius 1 is 1.26 bits per heavy atom. The van der Waals surface area contributed by atoms with Gasteiger partial charge >= 0.3 is 5.97 Å². The number of aromatic nitrogens is 1. The Balaban J connectivity index is 1.87. The second kappa shape index (κ2) is 13.9. The van der Waals surface area contributed by atoms with E-state index in [4.69, 9.17) is 9.15 Å². The lowest BCUT2D eigenvalue weighted by Crippen LogP contribution is -2.44. The van der Waals surface area contributed by atoms with Crippen molar-refractivity contribution in [2.45, 2.75) is 71.6 Å². The molecule has 0 radical (unpaired) electrons. The second-order valence-electron chi connectivity index (χ2n) is 10.5. The third-order valence-corrected chi connectivity index (χ3v) is 6.90. The Hall–Kier alpha value is -3.71. The molecule has 210 valence electrons. The number of nitrogens with zero attached hydrogens (tertiary/aromatic N) is 3. The number of aliphatic hydroxyl groups excluding tert-OH is 1. The highest BCUT2D eigenvalue weighted by Gasteiger charge is 2.38. The number of esters is 1. The number of carbonyl (C=O) groups is 3. The Morgan fingerprint density at radius 3 is 2.74 bits per heavy atom. The van der Waals surface area contributed by atoms with Crippen molar-refractivity contribution >= 4 is 17.8 Å². The average molecular weight is 539 g/mol. The van der Waals surface area contributed by atoms with Crippen LogP contribution in [0.3, 0.4) is 0 Å². The molecular formula is C29H38N4O6. The summed E-state index contributed by atoms with van der Waals surface area (Å²) in [4.78, 5) is 44.5. The van der Waals surface area contributed by atoms with Crippen molar-refractivity contribution in [1.82, 2.24) is 15.2 Å². The highest BCUT2D eigenvalue weighted by molar-refractivity contribution is 5.95. The molecule has 2 bridgehead atoms. The van der Waals surface area contributed by atoms with E-state index in [-0.39, 0.29) is 42.2 Å². The van der Waals surface area contributed by atoms with Gasteiger partial charge in [-0.1, -0.05) is 50.6 Å². The minimum Gasteiger partial charge on any atom is -0.460 e. The molecule has 10 heteroatoms. The van der Waals surface area contributed by atoms with Gasteiger partial charge < -0.3 is 24.5 Å². The monoisotopic (exact) mass is 538 g/mol. The minimum atomic E-state index is -0.874. The summed E-state index contributed by atoms with van der Waals surface area (Å²) in [5.41, 5.74) is 0.839. The third kappa shape index (κ3) is 8.39. The molecule has 1 saturated heterocycles. The van der Waals surface area contributed by atoms with Crippen LogP contribution in [0.5, 0.6) is 0 Å². The molecule has 3 rings (SSSR count). The molecule has 3 heterocycles. The summed E-state index contributed by atoms with van der Waals surface area (Å²) in [6.07, 6.45) is 9.62. The van der Waals surface area contributed by atoms with E-state index in [1.807, 2.05) is 27.7 Å². The first-order valence-corrected chi connectivity index (χ1v) is 13.4. The van der Waals surface area contributed by atoms with Crippen LogP contribution in [0.15, 0.2) is 46.6 Å². The quantitative estimate of drug-likeness (QED) is 0.519. The van der Waals surface area contributed by atoms with Crippen molar-refractivity contribution in [3.63, 3.8) is 0 Å². The standard InChI is InChI=1S/C29H38N4O6/c1-18(2)27-20(4)9-10-25(35)31-11-5-7-19(3)13-22(34)14-21(16-30)15-26-32-23(17-38-26)28(36)33-12-6-8-24(33)29(37)39-27/h5,7,9-10,13,17-18,20-22,24,27,34H,6,8,11-12,14-15H2,1-4H3,(H,31,35)/b7-5-,10-9-,19-13-/t20-,21+,22-,24?,27-/m1/s1. The van der Waals surface area contributed by atoms with E-state index >= 15 is 0 Å². The third-order valence-electron chi connectivity index (χ3n) is 6.90. The average Bonchev–Trinajstić information content (AvgIpc) is 3.57. The van der Waals surface area contributed by atoms with E-state index in [1.54, 1.807) is 24.3 Å². The van der Waals surface area contributed by atoms with Crippen LogP contribution in [-0.2, 0) is 20.7 Å². The highest BCUT2D eigenvalue weighted by Crippen LogP contribution is 2.25. The Bertz CT molecular complexity index is 1160. The first-order chi connectivity index (χ1) is 18.6. The lowest BCUT2D eigenvalue weighted by atomic mass is 9.94. The van der Waals surface area contributed by atoms with E-state index in [2.05, 4.69) is 16.4 Å². The van der Waals surface area contributed by atoms with Gasteiger partial charge in [-0.15, -0.1) is 0 Å². The zero-order chi connectivity index (χ0) is 28.5. The fourth-order valence-corrected chi connectivity index (χ4v) is 4.89. The number of nitriles is 1. The molecule has 5 atom stereocenters. The Labute approximate surface area is 229 Å². The van der Waals surface area contributed by atoms with E-state index in [0.29, 0.717) is 25.9 Å². The van der Waals surface area contributed by atoms with Crippen LogP contribution in [0.2, 0.25) is 0 Å². The first kappa shape index (κ1) is 29.8. The number of amides is 2. The van der Waals surface area contributed by atoms with Gasteiger partial charge in [0, 0.05) is 25.4 Å². The molecule has 2 aliphatic rings. The number of hydrogen-bond donors (Lipinski definition) is 2.